The molecule has 0 aromatic heterocycles. The van der Waals surface area contributed by atoms with Gasteiger partial charge in [-0.15, -0.1) is 0 Å². The van der Waals surface area contributed by atoms with Crippen molar-refractivity contribution < 1.29 is 0 Å². The first-order valence-corrected chi connectivity index (χ1v) is 37.5. The van der Waals surface area contributed by atoms with Crippen LogP contribution < -0.4 is 26.3 Å². The molecule has 2 aliphatic rings. The maximum atomic E-state index is 4.02. The van der Waals surface area contributed by atoms with Crippen molar-refractivity contribution in [2.75, 3.05) is 13.1 Å². The molecule has 10 rings (SSSR count). The fourth-order valence-corrected chi connectivity index (χ4v) is 25.7. The third kappa shape index (κ3) is 17.4. The predicted molar refractivity (Wildman–Crippen MR) is 370 cm³/mol. The molecule has 2 saturated heterocycles. The number of halogens is 1. The predicted octanol–water partition coefficient (Wildman–Crippen LogP) is 21.4. The minimum atomic E-state index is -0.639. The fourth-order valence-electron chi connectivity index (χ4n) is 12.1. The zero-order valence-corrected chi connectivity index (χ0v) is 54.7. The second-order valence-electron chi connectivity index (χ2n) is 22.3. The number of benzene rings is 8. The average molecular weight is 1250 g/mol. The van der Waals surface area contributed by atoms with Crippen LogP contribution in [0.2, 0.25) is 0 Å². The summed E-state index contributed by atoms with van der Waals surface area (Å²) in [5.74, 6) is 0. The van der Waals surface area contributed by atoms with Gasteiger partial charge in [-0.2, -0.15) is 0 Å². The second-order valence-corrected chi connectivity index (χ2v) is 34.1. The molecule has 0 bridgehead atoms. The smallest absolute Gasteiger partial charge is 0.0318 e. The molecule has 2 heterocycles. The van der Waals surface area contributed by atoms with Crippen LogP contribution in [-0.2, 0) is 0 Å². The lowest BCUT2D eigenvalue weighted by atomic mass is 9.99. The maximum Gasteiger partial charge on any atom is 0.0318 e. The Bertz CT molecular complexity index is 2860. The minimum Gasteiger partial charge on any atom is -0.295 e. The van der Waals surface area contributed by atoms with Crippen LogP contribution in [0.1, 0.15) is 162 Å². The molecule has 0 aliphatic carbocycles. The van der Waals surface area contributed by atoms with Crippen LogP contribution in [-0.4, -0.2) is 17.5 Å². The Balaban J connectivity index is 0.000000193. The van der Waals surface area contributed by atoms with Gasteiger partial charge in [-0.05, 0) is 182 Å². The number of aryl methyl sites for hydroxylation is 8. The second kappa shape index (κ2) is 31.7. The van der Waals surface area contributed by atoms with Crippen LogP contribution >= 0.6 is 51.8 Å². The highest BCUT2D eigenvalue weighted by atomic mass is 127. The molecule has 80 heavy (non-hydrogen) atoms. The molecular weight excluding hydrogens is 1160 g/mol. The monoisotopic (exact) mass is 1250 g/mol. The first-order chi connectivity index (χ1) is 38.3. The lowest BCUT2D eigenvalue weighted by molar-refractivity contribution is 0.632. The molecule has 0 amide bonds. The van der Waals surface area contributed by atoms with Gasteiger partial charge < -0.3 is 0 Å². The van der Waals surface area contributed by atoms with Gasteiger partial charge in [-0.25, -0.2) is 0 Å². The number of hydrogen-bond acceptors (Lipinski definition) is 2. The summed E-state index contributed by atoms with van der Waals surface area (Å²) in [7, 11) is -1.35. The van der Waals surface area contributed by atoms with E-state index in [2.05, 4.69) is 295 Å². The molecule has 0 radical (unpaired) electrons. The van der Waals surface area contributed by atoms with Gasteiger partial charge in [-0.3, -0.25) is 9.53 Å². The van der Waals surface area contributed by atoms with E-state index in [1.165, 1.54) is 117 Å². The first kappa shape index (κ1) is 63.7. The summed E-state index contributed by atoms with van der Waals surface area (Å²) in [6.45, 7) is 25.0. The summed E-state index contributed by atoms with van der Waals surface area (Å²) < 4.78 is 3.04. The standard InChI is InChI=1S/C36H43NP2.C24H34NP.C12H10IP.CH4/c1-6-7-20-37(38(33-14-10-8-11-15-33)34-16-12-9-13-17-34)39-35(31-23-27(2)21-28(3)24-31)18-19-36(39)32-25-29(4)22-30(5)26-32;1-6-7-10-25-26-23(21-13-17(2)11-18(3)14-21)8-9-24(26)22-15-19(4)12-20(5)16-22;13-14(11-7-3-1-4-8-11)12-9-5-2-6-10-12;/h8-17,21-26,35-36H,6-7,18-20H2,1-5H3;11-16,23-25H,6-10H2,1-5H3;1-10H;1H4/t35-,36-;23-,24-;;/m00../s1. The summed E-state index contributed by atoms with van der Waals surface area (Å²) in [6.07, 6.45) is 10.1. The average Bonchev–Trinajstić information content (AvgIpc) is 4.22. The summed E-state index contributed by atoms with van der Waals surface area (Å²) >= 11 is 2.54. The highest BCUT2D eigenvalue weighted by Crippen LogP contribution is 2.76. The van der Waals surface area contributed by atoms with Gasteiger partial charge >= 0.3 is 0 Å². The minimum absolute atomic E-state index is 0. The quantitative estimate of drug-likeness (QED) is 0.0555. The Morgan fingerprint density at radius 1 is 0.412 bits per heavy atom. The normalized spacial score (nSPS) is 17.2. The molecule has 2 nitrogen and oxygen atoms in total. The van der Waals surface area contributed by atoms with E-state index in [0.717, 1.165) is 13.1 Å². The van der Waals surface area contributed by atoms with Gasteiger partial charge in [0.05, 0.1) is 0 Å². The Kier molecular flexibility index (Phi) is 25.2. The van der Waals surface area contributed by atoms with E-state index in [1.807, 2.05) is 0 Å². The number of nitrogens with zero attached hydrogens (tertiary/aromatic N) is 1. The Morgan fingerprint density at radius 3 is 1.01 bits per heavy atom. The number of hydrogen-bond donors (Lipinski definition) is 1. The van der Waals surface area contributed by atoms with Gasteiger partial charge in [0.1, 0.15) is 0 Å². The van der Waals surface area contributed by atoms with Crippen molar-refractivity contribution in [3.63, 3.8) is 0 Å². The summed E-state index contributed by atoms with van der Waals surface area (Å²) in [6, 6.07) is 73.0. The molecule has 420 valence electrons. The summed E-state index contributed by atoms with van der Waals surface area (Å²) in [5, 5.41) is 9.82. The van der Waals surface area contributed by atoms with Crippen molar-refractivity contribution in [1.29, 1.82) is 0 Å². The molecule has 0 saturated carbocycles. The topological polar surface area (TPSA) is 15.3 Å². The molecule has 8 aromatic rings. The van der Waals surface area contributed by atoms with Crippen LogP contribution in [0.4, 0.5) is 0 Å². The summed E-state index contributed by atoms with van der Waals surface area (Å²) in [4.78, 5) is 0. The molecular formula is C73H91IN2P4. The van der Waals surface area contributed by atoms with Crippen LogP contribution in [0.25, 0.3) is 0 Å². The lowest BCUT2D eigenvalue weighted by Gasteiger charge is -2.42. The zero-order chi connectivity index (χ0) is 55.8. The van der Waals surface area contributed by atoms with E-state index in [0.29, 0.717) is 22.6 Å². The molecule has 7 heteroatoms. The molecule has 0 spiro atoms. The van der Waals surface area contributed by atoms with Crippen molar-refractivity contribution in [1.82, 2.24) is 9.53 Å². The van der Waals surface area contributed by atoms with Crippen molar-refractivity contribution >= 4 is 73.0 Å². The van der Waals surface area contributed by atoms with Crippen LogP contribution in [0, 0.1) is 55.4 Å². The van der Waals surface area contributed by atoms with Gasteiger partial charge in [0.25, 0.3) is 0 Å². The third-order valence-electron chi connectivity index (χ3n) is 15.3. The van der Waals surface area contributed by atoms with E-state index in [9.17, 15) is 0 Å². The molecule has 0 unspecified atom stereocenters. The molecule has 2 aliphatic heterocycles. The molecule has 1 N–H and O–H groups in total. The number of nitrogens with one attached hydrogen (secondary N) is 1. The lowest BCUT2D eigenvalue weighted by Crippen LogP contribution is -2.27. The van der Waals surface area contributed by atoms with Crippen molar-refractivity contribution in [3.8, 4) is 0 Å². The van der Waals surface area contributed by atoms with E-state index in [1.54, 1.807) is 22.3 Å². The number of rotatable bonds is 17. The van der Waals surface area contributed by atoms with E-state index in [-0.39, 0.29) is 21.1 Å². The van der Waals surface area contributed by atoms with Crippen molar-refractivity contribution in [2.45, 2.75) is 151 Å². The van der Waals surface area contributed by atoms with E-state index in [4.69, 9.17) is 0 Å². The van der Waals surface area contributed by atoms with Crippen molar-refractivity contribution in [3.05, 3.63) is 261 Å². The van der Waals surface area contributed by atoms with Gasteiger partial charge in [0.15, 0.2) is 0 Å². The fraction of sp³-hybridized carbons (Fsp3) is 0.342. The maximum absolute atomic E-state index is 4.02. The highest BCUT2D eigenvalue weighted by Gasteiger charge is 2.44. The highest BCUT2D eigenvalue weighted by molar-refractivity contribution is 14.2. The Labute approximate surface area is 503 Å². The van der Waals surface area contributed by atoms with Crippen LogP contribution in [0.15, 0.2) is 194 Å². The molecule has 8 aromatic carbocycles. The molecule has 4 atom stereocenters. The van der Waals surface area contributed by atoms with Gasteiger partial charge in [0, 0.05) is 42.8 Å². The first-order valence-electron chi connectivity index (χ1n) is 29.2. The molecule has 2 fully saturated rings. The number of unbranched alkanes of at least 4 members (excludes halogenated alkanes) is 2. The van der Waals surface area contributed by atoms with Crippen LogP contribution in [0.3, 0.4) is 0 Å². The Morgan fingerprint density at radius 2 is 0.700 bits per heavy atom. The Hall–Kier alpha value is -3.87. The van der Waals surface area contributed by atoms with E-state index < -0.39 is 16.1 Å². The zero-order valence-electron chi connectivity index (χ0n) is 49.0. The SMILES string of the molecule is C.CCCCN(P(c1ccccc1)c1ccccc1)P1[C@H](c2cc(C)cc(C)c2)CC[C@H]1c1cc(C)cc(C)c1.CCCCNP1[C@H](c2cc(C)cc(C)c2)CC[C@H]1c1cc(C)cc(C)c1.IP(c1ccccc1)c1ccccc1. The summed E-state index contributed by atoms with van der Waals surface area (Å²) in [5.41, 5.74) is 19.7. The van der Waals surface area contributed by atoms with Gasteiger partial charge in [-0.1, -0.05) is 273 Å². The third-order valence-corrected chi connectivity index (χ3v) is 29.7. The van der Waals surface area contributed by atoms with Crippen molar-refractivity contribution in [2.24, 2.45) is 0 Å². The van der Waals surface area contributed by atoms with Gasteiger partial charge in [0.2, 0.25) is 0 Å². The largest absolute Gasteiger partial charge is 0.295 e. The van der Waals surface area contributed by atoms with Crippen LogP contribution in [0.5, 0.6) is 0 Å². The van der Waals surface area contributed by atoms with E-state index >= 15 is 0 Å².